The van der Waals surface area contributed by atoms with Crippen LogP contribution in [0, 0.1) is 11.8 Å². The van der Waals surface area contributed by atoms with Gasteiger partial charge in [-0.15, -0.1) is 0 Å². The van der Waals surface area contributed by atoms with Gasteiger partial charge >= 0.3 is 0 Å². The Morgan fingerprint density at radius 2 is 2.05 bits per heavy atom. The molecule has 1 atom stereocenters. The number of hydrogen-bond acceptors (Lipinski definition) is 2. The molecule has 0 spiro atoms. The SMILES string of the molecule is CC(C)CC(=O)Nc1ccc(N2CCCC(C)C2)cc1. The second-order valence-corrected chi connectivity index (χ2v) is 6.39. The summed E-state index contributed by atoms with van der Waals surface area (Å²) in [5.41, 5.74) is 2.16. The number of piperidine rings is 1. The zero-order chi connectivity index (χ0) is 14.5. The van der Waals surface area contributed by atoms with Crippen molar-refractivity contribution >= 4 is 17.3 Å². The molecule has 1 aliphatic rings. The largest absolute Gasteiger partial charge is 0.371 e. The summed E-state index contributed by atoms with van der Waals surface area (Å²) in [4.78, 5) is 14.2. The van der Waals surface area contributed by atoms with Crippen molar-refractivity contribution in [3.8, 4) is 0 Å². The lowest BCUT2D eigenvalue weighted by Crippen LogP contribution is -2.34. The van der Waals surface area contributed by atoms with Crippen molar-refractivity contribution in [2.45, 2.75) is 40.0 Å². The average molecular weight is 274 g/mol. The number of carbonyl (C=O) groups is 1. The molecule has 0 bridgehead atoms. The molecule has 0 radical (unpaired) electrons. The summed E-state index contributed by atoms with van der Waals surface area (Å²) in [6.07, 6.45) is 3.18. The van der Waals surface area contributed by atoms with Crippen LogP contribution in [0.2, 0.25) is 0 Å². The second kappa shape index (κ2) is 6.78. The summed E-state index contributed by atoms with van der Waals surface area (Å²) in [7, 11) is 0. The Morgan fingerprint density at radius 3 is 2.65 bits per heavy atom. The van der Waals surface area contributed by atoms with E-state index in [1.807, 2.05) is 12.1 Å². The molecule has 1 unspecified atom stereocenters. The van der Waals surface area contributed by atoms with E-state index in [1.54, 1.807) is 0 Å². The molecule has 1 aromatic carbocycles. The lowest BCUT2D eigenvalue weighted by Gasteiger charge is -2.32. The molecule has 0 aliphatic carbocycles. The first-order valence-corrected chi connectivity index (χ1v) is 7.69. The van der Waals surface area contributed by atoms with Crippen LogP contribution in [0.4, 0.5) is 11.4 Å². The number of benzene rings is 1. The number of amides is 1. The number of nitrogens with one attached hydrogen (secondary N) is 1. The second-order valence-electron chi connectivity index (χ2n) is 6.39. The van der Waals surface area contributed by atoms with Crippen LogP contribution >= 0.6 is 0 Å². The molecule has 110 valence electrons. The van der Waals surface area contributed by atoms with Crippen LogP contribution in [0.5, 0.6) is 0 Å². The third-order valence-corrected chi connectivity index (χ3v) is 3.77. The molecule has 3 heteroatoms. The van der Waals surface area contributed by atoms with E-state index in [2.05, 4.69) is 43.1 Å². The van der Waals surface area contributed by atoms with Crippen molar-refractivity contribution < 1.29 is 4.79 Å². The van der Waals surface area contributed by atoms with Gasteiger partial charge in [-0.2, -0.15) is 0 Å². The zero-order valence-electron chi connectivity index (χ0n) is 12.9. The van der Waals surface area contributed by atoms with Gasteiger partial charge in [0.2, 0.25) is 5.91 Å². The molecular weight excluding hydrogens is 248 g/mol. The van der Waals surface area contributed by atoms with Crippen LogP contribution < -0.4 is 10.2 Å². The topological polar surface area (TPSA) is 32.3 Å². The highest BCUT2D eigenvalue weighted by Crippen LogP contribution is 2.24. The molecule has 0 saturated carbocycles. The number of carbonyl (C=O) groups excluding carboxylic acids is 1. The maximum Gasteiger partial charge on any atom is 0.224 e. The minimum absolute atomic E-state index is 0.0966. The van der Waals surface area contributed by atoms with Crippen molar-refractivity contribution in [1.82, 2.24) is 0 Å². The standard InChI is InChI=1S/C17H26N2O/c1-13(2)11-17(20)18-15-6-8-16(9-7-15)19-10-4-5-14(3)12-19/h6-9,13-14H,4-5,10-12H2,1-3H3,(H,18,20). The van der Waals surface area contributed by atoms with Gasteiger partial charge in [0.05, 0.1) is 0 Å². The summed E-state index contributed by atoms with van der Waals surface area (Å²) in [6, 6.07) is 8.24. The van der Waals surface area contributed by atoms with Gasteiger partial charge in [0.1, 0.15) is 0 Å². The van der Waals surface area contributed by atoms with Crippen molar-refractivity contribution in [3.63, 3.8) is 0 Å². The summed E-state index contributed by atoms with van der Waals surface area (Å²) in [5, 5.41) is 2.95. The number of rotatable bonds is 4. The summed E-state index contributed by atoms with van der Waals surface area (Å²) in [6.45, 7) is 8.70. The maximum absolute atomic E-state index is 11.7. The highest BCUT2D eigenvalue weighted by atomic mass is 16.1. The molecule has 1 fully saturated rings. The Labute approximate surface area is 122 Å². The quantitative estimate of drug-likeness (QED) is 0.903. The van der Waals surface area contributed by atoms with Gasteiger partial charge in [-0.3, -0.25) is 4.79 Å². The molecular formula is C17H26N2O. The molecule has 2 rings (SSSR count). The number of hydrogen-bond donors (Lipinski definition) is 1. The van der Waals surface area contributed by atoms with E-state index in [4.69, 9.17) is 0 Å². The van der Waals surface area contributed by atoms with Crippen molar-refractivity contribution in [1.29, 1.82) is 0 Å². The molecule has 1 aromatic rings. The van der Waals surface area contributed by atoms with E-state index in [1.165, 1.54) is 18.5 Å². The van der Waals surface area contributed by atoms with Crippen molar-refractivity contribution in [2.75, 3.05) is 23.3 Å². The predicted molar refractivity (Wildman–Crippen MR) is 85.1 cm³/mol. The third kappa shape index (κ3) is 4.26. The Kier molecular flexibility index (Phi) is 5.05. The van der Waals surface area contributed by atoms with Crippen LogP contribution in [0.3, 0.4) is 0 Å². The minimum Gasteiger partial charge on any atom is -0.371 e. The van der Waals surface area contributed by atoms with E-state index in [0.717, 1.165) is 24.7 Å². The predicted octanol–water partition coefficient (Wildman–Crippen LogP) is 3.91. The zero-order valence-corrected chi connectivity index (χ0v) is 12.9. The van der Waals surface area contributed by atoms with Crippen LogP contribution in [0.1, 0.15) is 40.0 Å². The third-order valence-electron chi connectivity index (χ3n) is 3.77. The highest BCUT2D eigenvalue weighted by Gasteiger charge is 2.16. The van der Waals surface area contributed by atoms with Crippen LogP contribution in [-0.4, -0.2) is 19.0 Å². The van der Waals surface area contributed by atoms with E-state index in [-0.39, 0.29) is 5.91 Å². The van der Waals surface area contributed by atoms with Crippen LogP contribution in [0.25, 0.3) is 0 Å². The fraction of sp³-hybridized carbons (Fsp3) is 0.588. The summed E-state index contributed by atoms with van der Waals surface area (Å²) >= 11 is 0. The van der Waals surface area contributed by atoms with E-state index in [9.17, 15) is 4.79 Å². The van der Waals surface area contributed by atoms with Gasteiger partial charge in [0.25, 0.3) is 0 Å². The minimum atomic E-state index is 0.0966. The van der Waals surface area contributed by atoms with Crippen molar-refractivity contribution in [2.24, 2.45) is 11.8 Å². The van der Waals surface area contributed by atoms with Gasteiger partial charge in [-0.05, 0) is 48.9 Å². The van der Waals surface area contributed by atoms with Gasteiger partial charge in [0, 0.05) is 30.9 Å². The highest BCUT2D eigenvalue weighted by molar-refractivity contribution is 5.90. The Bertz CT molecular complexity index is 439. The average Bonchev–Trinajstić information content (AvgIpc) is 2.38. The molecule has 1 aliphatic heterocycles. The Hall–Kier alpha value is -1.51. The van der Waals surface area contributed by atoms with Gasteiger partial charge in [0.15, 0.2) is 0 Å². The molecule has 20 heavy (non-hydrogen) atoms. The van der Waals surface area contributed by atoms with E-state index in [0.29, 0.717) is 12.3 Å². The van der Waals surface area contributed by atoms with Gasteiger partial charge in [-0.1, -0.05) is 20.8 Å². The first-order valence-electron chi connectivity index (χ1n) is 7.69. The van der Waals surface area contributed by atoms with Crippen LogP contribution in [0.15, 0.2) is 24.3 Å². The maximum atomic E-state index is 11.7. The van der Waals surface area contributed by atoms with Crippen molar-refractivity contribution in [3.05, 3.63) is 24.3 Å². The first-order chi connectivity index (χ1) is 9.54. The normalized spacial score (nSPS) is 19.2. The monoisotopic (exact) mass is 274 g/mol. The fourth-order valence-electron chi connectivity index (χ4n) is 2.76. The Balaban J connectivity index is 1.94. The molecule has 1 N–H and O–H groups in total. The lowest BCUT2D eigenvalue weighted by atomic mass is 10.00. The Morgan fingerprint density at radius 1 is 1.35 bits per heavy atom. The van der Waals surface area contributed by atoms with Gasteiger partial charge < -0.3 is 10.2 Å². The summed E-state index contributed by atoms with van der Waals surface area (Å²) < 4.78 is 0. The van der Waals surface area contributed by atoms with Crippen LogP contribution in [-0.2, 0) is 4.79 Å². The van der Waals surface area contributed by atoms with Gasteiger partial charge in [-0.25, -0.2) is 0 Å². The van der Waals surface area contributed by atoms with E-state index < -0.39 is 0 Å². The molecule has 1 heterocycles. The number of nitrogens with zero attached hydrogens (tertiary/aromatic N) is 1. The molecule has 3 nitrogen and oxygen atoms in total. The molecule has 0 aromatic heterocycles. The smallest absolute Gasteiger partial charge is 0.224 e. The fourth-order valence-corrected chi connectivity index (χ4v) is 2.76. The number of anilines is 2. The lowest BCUT2D eigenvalue weighted by molar-refractivity contribution is -0.116. The molecule has 1 saturated heterocycles. The van der Waals surface area contributed by atoms with E-state index >= 15 is 0 Å². The summed E-state index contributed by atoms with van der Waals surface area (Å²) in [5.74, 6) is 1.26. The molecule has 1 amide bonds. The first kappa shape index (κ1) is 14.9.